The van der Waals surface area contributed by atoms with Gasteiger partial charge in [-0.3, -0.25) is 0 Å². The smallest absolute Gasteiger partial charge is 0.295 e. The predicted octanol–water partition coefficient (Wildman–Crippen LogP) is 3.93. The van der Waals surface area contributed by atoms with E-state index in [-0.39, 0.29) is 6.10 Å². The number of rotatable bonds is 5. The second kappa shape index (κ2) is 6.20. The van der Waals surface area contributed by atoms with Gasteiger partial charge in [-0.15, -0.1) is 5.10 Å². The third kappa shape index (κ3) is 3.99. The van der Waals surface area contributed by atoms with Gasteiger partial charge in [0.05, 0.1) is 6.10 Å². The molecular weight excluding hydrogens is 264 g/mol. The molecule has 0 saturated carbocycles. The van der Waals surface area contributed by atoms with Crippen LogP contribution >= 0.6 is 23.1 Å². The molecule has 1 aromatic heterocycles. The summed E-state index contributed by atoms with van der Waals surface area (Å²) in [6.07, 6.45) is 0.146. The molecular formula is C13H16N2OS2. The van der Waals surface area contributed by atoms with E-state index < -0.39 is 0 Å². The lowest BCUT2D eigenvalue weighted by molar-refractivity contribution is 0.239. The Labute approximate surface area is 116 Å². The zero-order valence-corrected chi connectivity index (χ0v) is 12.3. The summed E-state index contributed by atoms with van der Waals surface area (Å²) in [5, 5.41) is 8.77. The first-order valence-corrected chi connectivity index (χ1v) is 7.62. The van der Waals surface area contributed by atoms with Crippen molar-refractivity contribution in [2.75, 3.05) is 0 Å². The van der Waals surface area contributed by atoms with Gasteiger partial charge in [0.2, 0.25) is 0 Å². The Morgan fingerprint density at radius 1 is 1.22 bits per heavy atom. The molecule has 3 nitrogen and oxygen atoms in total. The number of aromatic nitrogens is 2. The van der Waals surface area contributed by atoms with Crippen molar-refractivity contribution in [3.8, 4) is 5.19 Å². The third-order valence-electron chi connectivity index (χ3n) is 2.21. The van der Waals surface area contributed by atoms with Crippen LogP contribution in [0.5, 0.6) is 5.19 Å². The number of hydrogen-bond acceptors (Lipinski definition) is 5. The maximum atomic E-state index is 5.49. The van der Waals surface area contributed by atoms with E-state index in [1.54, 1.807) is 11.8 Å². The van der Waals surface area contributed by atoms with Gasteiger partial charge in [0.1, 0.15) is 0 Å². The highest BCUT2D eigenvalue weighted by Crippen LogP contribution is 2.29. The van der Waals surface area contributed by atoms with Crippen molar-refractivity contribution in [2.24, 2.45) is 0 Å². The molecule has 2 aromatic rings. The lowest BCUT2D eigenvalue weighted by atomic mass is 10.2. The lowest BCUT2D eigenvalue weighted by Crippen LogP contribution is -2.04. The zero-order chi connectivity index (χ0) is 13.0. The molecule has 0 amide bonds. The molecule has 18 heavy (non-hydrogen) atoms. The number of thioether (sulfide) groups is 1. The first-order valence-electron chi connectivity index (χ1n) is 5.82. The summed E-state index contributed by atoms with van der Waals surface area (Å²) in [5.74, 6) is 0.913. The molecule has 1 heterocycles. The van der Waals surface area contributed by atoms with E-state index in [0.29, 0.717) is 5.19 Å². The van der Waals surface area contributed by atoms with Crippen LogP contribution in [0, 0.1) is 6.92 Å². The van der Waals surface area contributed by atoms with Crippen LogP contribution in [-0.2, 0) is 5.75 Å². The van der Waals surface area contributed by atoms with Crippen LogP contribution in [0.1, 0.15) is 25.0 Å². The van der Waals surface area contributed by atoms with Crippen molar-refractivity contribution in [3.63, 3.8) is 0 Å². The van der Waals surface area contributed by atoms with E-state index in [4.69, 9.17) is 4.74 Å². The lowest BCUT2D eigenvalue weighted by Gasteiger charge is -2.02. The number of ether oxygens (including phenoxy) is 1. The predicted molar refractivity (Wildman–Crippen MR) is 76.4 cm³/mol. The normalized spacial score (nSPS) is 10.9. The Morgan fingerprint density at radius 3 is 2.61 bits per heavy atom. The van der Waals surface area contributed by atoms with Gasteiger partial charge >= 0.3 is 0 Å². The summed E-state index contributed by atoms with van der Waals surface area (Å²) in [6, 6.07) is 8.55. The minimum atomic E-state index is 0.146. The number of aryl methyl sites for hydroxylation is 1. The molecule has 0 bridgehead atoms. The molecule has 0 atom stereocenters. The highest BCUT2D eigenvalue weighted by molar-refractivity contribution is 8.00. The van der Waals surface area contributed by atoms with E-state index in [9.17, 15) is 0 Å². The summed E-state index contributed by atoms with van der Waals surface area (Å²) < 4.78 is 6.44. The first kappa shape index (κ1) is 13.4. The molecule has 0 aliphatic rings. The van der Waals surface area contributed by atoms with E-state index >= 15 is 0 Å². The molecule has 2 rings (SSSR count). The minimum absolute atomic E-state index is 0.146. The maximum absolute atomic E-state index is 5.49. The second-order valence-electron chi connectivity index (χ2n) is 4.27. The van der Waals surface area contributed by atoms with Crippen LogP contribution in [-0.4, -0.2) is 16.3 Å². The summed E-state index contributed by atoms with van der Waals surface area (Å²) in [4.78, 5) is 0. The summed E-state index contributed by atoms with van der Waals surface area (Å²) >= 11 is 3.19. The molecule has 1 aromatic carbocycles. The van der Waals surface area contributed by atoms with Gasteiger partial charge in [-0.25, -0.2) is 0 Å². The molecule has 0 saturated heterocycles. The standard InChI is InChI=1S/C13H16N2OS2/c1-9(2)16-12-14-15-13(18-12)17-8-11-6-4-10(3)5-7-11/h4-7,9H,8H2,1-3H3. The first-order chi connectivity index (χ1) is 8.63. The fourth-order valence-electron chi connectivity index (χ4n) is 1.33. The molecule has 5 heteroatoms. The summed E-state index contributed by atoms with van der Waals surface area (Å²) in [7, 11) is 0. The van der Waals surface area contributed by atoms with E-state index in [1.807, 2.05) is 13.8 Å². The highest BCUT2D eigenvalue weighted by atomic mass is 32.2. The topological polar surface area (TPSA) is 35.0 Å². The van der Waals surface area contributed by atoms with E-state index in [2.05, 4.69) is 41.4 Å². The Hall–Kier alpha value is -1.07. The van der Waals surface area contributed by atoms with Crippen LogP contribution in [0.4, 0.5) is 0 Å². The Morgan fingerprint density at radius 2 is 1.94 bits per heavy atom. The van der Waals surface area contributed by atoms with Crippen molar-refractivity contribution < 1.29 is 4.74 Å². The molecule has 0 spiro atoms. The van der Waals surface area contributed by atoms with E-state index in [0.717, 1.165) is 10.1 Å². The third-order valence-corrected chi connectivity index (χ3v) is 4.23. The van der Waals surface area contributed by atoms with Crippen LogP contribution < -0.4 is 4.74 Å². The second-order valence-corrected chi connectivity index (χ2v) is 6.44. The van der Waals surface area contributed by atoms with Crippen LogP contribution in [0.3, 0.4) is 0 Å². The van der Waals surface area contributed by atoms with Crippen molar-refractivity contribution in [3.05, 3.63) is 35.4 Å². The summed E-state index contributed by atoms with van der Waals surface area (Å²) in [5.41, 5.74) is 2.58. The monoisotopic (exact) mass is 280 g/mol. The largest absolute Gasteiger partial charge is 0.466 e. The van der Waals surface area contributed by atoms with E-state index in [1.165, 1.54) is 22.5 Å². The van der Waals surface area contributed by atoms with Gasteiger partial charge in [0.15, 0.2) is 4.34 Å². The number of benzene rings is 1. The van der Waals surface area contributed by atoms with Gasteiger partial charge in [0.25, 0.3) is 5.19 Å². The minimum Gasteiger partial charge on any atom is -0.466 e. The van der Waals surface area contributed by atoms with Crippen molar-refractivity contribution in [2.45, 2.75) is 37.0 Å². The molecule has 96 valence electrons. The van der Waals surface area contributed by atoms with Crippen molar-refractivity contribution >= 4 is 23.1 Å². The fraction of sp³-hybridized carbons (Fsp3) is 0.385. The van der Waals surface area contributed by atoms with Gasteiger partial charge < -0.3 is 4.74 Å². The Kier molecular flexibility index (Phi) is 4.60. The van der Waals surface area contributed by atoms with Crippen molar-refractivity contribution in [1.82, 2.24) is 10.2 Å². The highest BCUT2D eigenvalue weighted by Gasteiger charge is 2.07. The maximum Gasteiger partial charge on any atom is 0.295 e. The fourth-order valence-corrected chi connectivity index (χ4v) is 3.09. The Balaban J connectivity index is 1.90. The van der Waals surface area contributed by atoms with Crippen LogP contribution in [0.15, 0.2) is 28.6 Å². The molecule has 0 N–H and O–H groups in total. The average Bonchev–Trinajstić information content (AvgIpc) is 2.75. The molecule has 0 radical (unpaired) electrons. The molecule has 0 aliphatic carbocycles. The molecule has 0 fully saturated rings. The van der Waals surface area contributed by atoms with Gasteiger partial charge in [-0.2, -0.15) is 0 Å². The SMILES string of the molecule is Cc1ccc(CSc2nnc(OC(C)C)s2)cc1. The van der Waals surface area contributed by atoms with Crippen LogP contribution in [0.2, 0.25) is 0 Å². The van der Waals surface area contributed by atoms with Gasteiger partial charge in [-0.05, 0) is 37.7 Å². The average molecular weight is 280 g/mol. The number of hydrogen-bond donors (Lipinski definition) is 0. The Bertz CT molecular complexity index is 494. The van der Waals surface area contributed by atoms with Crippen LogP contribution in [0.25, 0.3) is 0 Å². The van der Waals surface area contributed by atoms with Gasteiger partial charge in [-0.1, -0.05) is 46.7 Å². The summed E-state index contributed by atoms with van der Waals surface area (Å²) in [6.45, 7) is 6.07. The van der Waals surface area contributed by atoms with Crippen molar-refractivity contribution in [1.29, 1.82) is 0 Å². The number of nitrogens with zero attached hydrogens (tertiary/aromatic N) is 2. The quantitative estimate of drug-likeness (QED) is 0.777. The molecule has 0 unspecified atom stereocenters. The molecule has 0 aliphatic heterocycles. The van der Waals surface area contributed by atoms with Gasteiger partial charge in [0, 0.05) is 5.75 Å². The zero-order valence-electron chi connectivity index (χ0n) is 10.7.